The van der Waals surface area contributed by atoms with E-state index in [1.165, 1.54) is 0 Å². The molecule has 0 bridgehead atoms. The van der Waals surface area contributed by atoms with Crippen LogP contribution in [0.3, 0.4) is 0 Å². The van der Waals surface area contributed by atoms with Gasteiger partial charge in [0.15, 0.2) is 0 Å². The summed E-state index contributed by atoms with van der Waals surface area (Å²) in [6, 6.07) is 6.89. The fourth-order valence-electron chi connectivity index (χ4n) is 1.66. The van der Waals surface area contributed by atoms with Crippen molar-refractivity contribution in [3.63, 3.8) is 0 Å². The molecule has 0 radical (unpaired) electrons. The molecule has 5 nitrogen and oxygen atoms in total. The van der Waals surface area contributed by atoms with Gasteiger partial charge in [-0.2, -0.15) is 0 Å². The molecule has 3 N–H and O–H groups in total. The third kappa shape index (κ3) is 3.64. The van der Waals surface area contributed by atoms with Crippen LogP contribution in [0.1, 0.15) is 12.8 Å². The number of hydrogen-bond acceptors (Lipinski definition) is 4. The summed E-state index contributed by atoms with van der Waals surface area (Å²) in [7, 11) is 0. The van der Waals surface area contributed by atoms with Gasteiger partial charge in [0.05, 0.1) is 6.10 Å². The Balaban J connectivity index is 1.74. The van der Waals surface area contributed by atoms with Crippen LogP contribution in [0, 0.1) is 0 Å². The minimum Gasteiger partial charge on any atom is -0.447 e. The fourth-order valence-corrected chi connectivity index (χ4v) is 1.66. The van der Waals surface area contributed by atoms with Crippen molar-refractivity contribution >= 4 is 17.5 Å². The van der Waals surface area contributed by atoms with Crippen LogP contribution in [0.5, 0.6) is 0 Å². The quantitative estimate of drug-likeness (QED) is 0.787. The molecule has 92 valence electrons. The number of nitrogen functional groups attached to an aromatic ring is 1. The van der Waals surface area contributed by atoms with Gasteiger partial charge in [-0.25, -0.2) is 4.79 Å². The molecule has 2 rings (SSSR count). The minimum atomic E-state index is -0.467. The van der Waals surface area contributed by atoms with Gasteiger partial charge in [0.2, 0.25) is 0 Å². The summed E-state index contributed by atoms with van der Waals surface area (Å²) in [5.41, 5.74) is 6.86. The molecule has 17 heavy (non-hydrogen) atoms. The van der Waals surface area contributed by atoms with E-state index in [0.717, 1.165) is 19.4 Å². The number of amides is 1. The normalized spacial score (nSPS) is 18.9. The molecule has 5 heteroatoms. The van der Waals surface area contributed by atoms with Crippen LogP contribution in [-0.2, 0) is 9.47 Å². The van der Waals surface area contributed by atoms with Crippen LogP contribution in [-0.4, -0.2) is 25.4 Å². The molecule has 1 heterocycles. The lowest BCUT2D eigenvalue weighted by Gasteiger charge is -2.11. The Hall–Kier alpha value is -1.75. The summed E-state index contributed by atoms with van der Waals surface area (Å²) in [6.45, 7) is 1.06. The molecule has 1 atom stereocenters. The second-order valence-electron chi connectivity index (χ2n) is 3.98. The third-order valence-electron chi connectivity index (χ3n) is 2.58. The molecule has 0 spiro atoms. The first kappa shape index (κ1) is 11.7. The van der Waals surface area contributed by atoms with Crippen LogP contribution in [0.2, 0.25) is 0 Å². The average molecular weight is 236 g/mol. The molecule has 0 aromatic heterocycles. The Bertz CT molecular complexity index is 372. The van der Waals surface area contributed by atoms with Crippen molar-refractivity contribution in [1.82, 2.24) is 0 Å². The Morgan fingerprint density at radius 2 is 2.24 bits per heavy atom. The molecule has 1 aliphatic heterocycles. The monoisotopic (exact) mass is 236 g/mol. The van der Waals surface area contributed by atoms with E-state index in [0.29, 0.717) is 18.0 Å². The molecule has 1 aromatic carbocycles. The number of anilines is 2. The van der Waals surface area contributed by atoms with E-state index in [2.05, 4.69) is 5.32 Å². The van der Waals surface area contributed by atoms with Gasteiger partial charge < -0.3 is 15.2 Å². The summed E-state index contributed by atoms with van der Waals surface area (Å²) in [4.78, 5) is 11.4. The van der Waals surface area contributed by atoms with E-state index in [1.807, 2.05) is 0 Å². The number of hydrogen-bond donors (Lipinski definition) is 2. The first-order chi connectivity index (χ1) is 8.24. The predicted octanol–water partition coefficient (Wildman–Crippen LogP) is 2.00. The molecule has 0 aliphatic carbocycles. The van der Waals surface area contributed by atoms with Crippen LogP contribution in [0.15, 0.2) is 24.3 Å². The fraction of sp³-hybridized carbons (Fsp3) is 0.417. The Labute approximate surface area is 99.9 Å². The summed E-state index contributed by atoms with van der Waals surface area (Å²) in [5.74, 6) is 0. The van der Waals surface area contributed by atoms with E-state index in [4.69, 9.17) is 15.2 Å². The van der Waals surface area contributed by atoms with Gasteiger partial charge >= 0.3 is 6.09 Å². The van der Waals surface area contributed by atoms with Gasteiger partial charge in [-0.3, -0.25) is 5.32 Å². The number of carbonyl (C=O) groups excluding carboxylic acids is 1. The van der Waals surface area contributed by atoms with Crippen LogP contribution >= 0.6 is 0 Å². The largest absolute Gasteiger partial charge is 0.447 e. The SMILES string of the molecule is Nc1ccc(NC(=O)OCC2CCCO2)cc1. The third-order valence-corrected chi connectivity index (χ3v) is 2.58. The topological polar surface area (TPSA) is 73.6 Å². The van der Waals surface area contributed by atoms with Crippen molar-refractivity contribution in [3.05, 3.63) is 24.3 Å². The molecule has 1 amide bonds. The van der Waals surface area contributed by atoms with Crippen molar-refractivity contribution in [2.75, 3.05) is 24.3 Å². The van der Waals surface area contributed by atoms with E-state index >= 15 is 0 Å². The first-order valence-electron chi connectivity index (χ1n) is 5.65. The van der Waals surface area contributed by atoms with E-state index in [-0.39, 0.29) is 6.10 Å². The van der Waals surface area contributed by atoms with Crippen LogP contribution in [0.4, 0.5) is 16.2 Å². The molecule has 1 aromatic rings. The van der Waals surface area contributed by atoms with Crippen LogP contribution in [0.25, 0.3) is 0 Å². The Morgan fingerprint density at radius 1 is 1.47 bits per heavy atom. The van der Waals surface area contributed by atoms with Gasteiger partial charge in [0.1, 0.15) is 6.61 Å². The highest BCUT2D eigenvalue weighted by Gasteiger charge is 2.17. The molecular weight excluding hydrogens is 220 g/mol. The smallest absolute Gasteiger partial charge is 0.411 e. The number of rotatable bonds is 3. The lowest BCUT2D eigenvalue weighted by Crippen LogP contribution is -2.21. The van der Waals surface area contributed by atoms with Crippen molar-refractivity contribution in [2.24, 2.45) is 0 Å². The van der Waals surface area contributed by atoms with Crippen molar-refractivity contribution < 1.29 is 14.3 Å². The number of nitrogens with two attached hydrogens (primary N) is 1. The van der Waals surface area contributed by atoms with E-state index in [1.54, 1.807) is 24.3 Å². The highest BCUT2D eigenvalue weighted by molar-refractivity contribution is 5.84. The average Bonchev–Trinajstić information content (AvgIpc) is 2.83. The highest BCUT2D eigenvalue weighted by atomic mass is 16.6. The number of benzene rings is 1. The molecule has 1 saturated heterocycles. The summed E-state index contributed by atoms with van der Waals surface area (Å²) < 4.78 is 10.4. The lowest BCUT2D eigenvalue weighted by molar-refractivity contribution is 0.0484. The maximum Gasteiger partial charge on any atom is 0.411 e. The number of carbonyl (C=O) groups is 1. The zero-order valence-corrected chi connectivity index (χ0v) is 9.52. The summed E-state index contributed by atoms with van der Waals surface area (Å²) in [6.07, 6.45) is 1.57. The molecule has 1 unspecified atom stereocenters. The zero-order valence-electron chi connectivity index (χ0n) is 9.52. The van der Waals surface area contributed by atoms with Gasteiger partial charge in [-0.05, 0) is 37.1 Å². The van der Waals surface area contributed by atoms with Crippen molar-refractivity contribution in [2.45, 2.75) is 18.9 Å². The van der Waals surface area contributed by atoms with Crippen LogP contribution < -0.4 is 11.1 Å². The second-order valence-corrected chi connectivity index (χ2v) is 3.98. The summed E-state index contributed by atoms with van der Waals surface area (Å²) in [5, 5.41) is 2.62. The molecule has 0 saturated carbocycles. The maximum atomic E-state index is 11.4. The van der Waals surface area contributed by atoms with Gasteiger partial charge in [0, 0.05) is 18.0 Å². The molecule has 1 aliphatic rings. The lowest BCUT2D eigenvalue weighted by atomic mass is 10.2. The number of nitrogens with one attached hydrogen (secondary N) is 1. The number of ether oxygens (including phenoxy) is 2. The predicted molar refractivity (Wildman–Crippen MR) is 64.8 cm³/mol. The Kier molecular flexibility index (Phi) is 3.82. The standard InChI is InChI=1S/C12H16N2O3/c13-9-3-5-10(6-4-9)14-12(15)17-8-11-2-1-7-16-11/h3-6,11H,1-2,7-8,13H2,(H,14,15). The van der Waals surface area contributed by atoms with Crippen molar-refractivity contribution in [1.29, 1.82) is 0 Å². The van der Waals surface area contributed by atoms with Gasteiger partial charge in [0.25, 0.3) is 0 Å². The van der Waals surface area contributed by atoms with Gasteiger partial charge in [-0.1, -0.05) is 0 Å². The Morgan fingerprint density at radius 3 is 2.88 bits per heavy atom. The molecule has 1 fully saturated rings. The first-order valence-corrected chi connectivity index (χ1v) is 5.65. The highest BCUT2D eigenvalue weighted by Crippen LogP contribution is 2.13. The zero-order chi connectivity index (χ0) is 12.1. The molecular formula is C12H16N2O3. The van der Waals surface area contributed by atoms with Gasteiger partial charge in [-0.15, -0.1) is 0 Å². The van der Waals surface area contributed by atoms with E-state index < -0.39 is 6.09 Å². The summed E-state index contributed by atoms with van der Waals surface area (Å²) >= 11 is 0. The van der Waals surface area contributed by atoms with E-state index in [9.17, 15) is 4.79 Å². The second kappa shape index (κ2) is 5.54. The maximum absolute atomic E-state index is 11.4. The minimum absolute atomic E-state index is 0.0483. The van der Waals surface area contributed by atoms with Crippen molar-refractivity contribution in [3.8, 4) is 0 Å².